The molecule has 0 heterocycles. The number of carbonyl (C=O) groups excluding carboxylic acids is 1. The second-order valence-corrected chi connectivity index (χ2v) is 6.63. The highest BCUT2D eigenvalue weighted by Crippen LogP contribution is 2.22. The SMILES string of the molecule is CCOC(=O)CN(CC)S(=O)(=O)c1ccc(Br)cc1F. The number of hydrogen-bond donors (Lipinski definition) is 0. The fourth-order valence-corrected chi connectivity index (χ4v) is 3.31. The van der Waals surface area contributed by atoms with Crippen LogP contribution < -0.4 is 0 Å². The molecule has 0 aliphatic rings. The maximum Gasteiger partial charge on any atom is 0.321 e. The molecule has 112 valence electrons. The van der Waals surface area contributed by atoms with E-state index in [1.807, 2.05) is 0 Å². The largest absolute Gasteiger partial charge is 0.465 e. The topological polar surface area (TPSA) is 63.7 Å². The number of benzene rings is 1. The fraction of sp³-hybridized carbons (Fsp3) is 0.417. The van der Waals surface area contributed by atoms with Crippen molar-refractivity contribution in [3.8, 4) is 0 Å². The van der Waals surface area contributed by atoms with Gasteiger partial charge in [0.05, 0.1) is 6.61 Å². The molecule has 5 nitrogen and oxygen atoms in total. The molecule has 0 saturated carbocycles. The number of hydrogen-bond acceptors (Lipinski definition) is 4. The van der Waals surface area contributed by atoms with Gasteiger partial charge in [-0.2, -0.15) is 4.31 Å². The lowest BCUT2D eigenvalue weighted by atomic mass is 10.3. The lowest BCUT2D eigenvalue weighted by molar-refractivity contribution is -0.143. The van der Waals surface area contributed by atoms with Crippen molar-refractivity contribution in [1.29, 1.82) is 0 Å². The molecule has 1 rings (SSSR count). The van der Waals surface area contributed by atoms with Crippen molar-refractivity contribution in [2.24, 2.45) is 0 Å². The minimum atomic E-state index is -4.08. The first-order valence-corrected chi connectivity index (χ1v) is 8.17. The smallest absolute Gasteiger partial charge is 0.321 e. The number of carbonyl (C=O) groups is 1. The lowest BCUT2D eigenvalue weighted by Crippen LogP contribution is -2.36. The quantitative estimate of drug-likeness (QED) is 0.722. The number of esters is 1. The summed E-state index contributed by atoms with van der Waals surface area (Å²) in [6.45, 7) is 2.94. The highest BCUT2D eigenvalue weighted by molar-refractivity contribution is 9.10. The summed E-state index contributed by atoms with van der Waals surface area (Å²) in [7, 11) is -4.08. The molecular formula is C12H15BrFNO4S. The van der Waals surface area contributed by atoms with Crippen molar-refractivity contribution in [1.82, 2.24) is 4.31 Å². The van der Waals surface area contributed by atoms with Crippen LogP contribution in [0.1, 0.15) is 13.8 Å². The van der Waals surface area contributed by atoms with Crippen molar-refractivity contribution >= 4 is 31.9 Å². The molecule has 8 heteroatoms. The van der Waals surface area contributed by atoms with E-state index in [0.29, 0.717) is 4.47 Å². The van der Waals surface area contributed by atoms with Crippen molar-refractivity contribution in [2.45, 2.75) is 18.7 Å². The fourth-order valence-electron chi connectivity index (χ4n) is 1.54. The minimum Gasteiger partial charge on any atom is -0.465 e. The molecule has 0 fully saturated rings. The third-order valence-electron chi connectivity index (χ3n) is 2.48. The Hall–Kier alpha value is -0.990. The Kier molecular flexibility index (Phi) is 6.09. The summed E-state index contributed by atoms with van der Waals surface area (Å²) in [5, 5.41) is 0. The second kappa shape index (κ2) is 7.14. The van der Waals surface area contributed by atoms with Gasteiger partial charge in [-0.25, -0.2) is 12.8 Å². The average molecular weight is 368 g/mol. The molecule has 0 aliphatic heterocycles. The number of likely N-dealkylation sites (N-methyl/N-ethyl adjacent to an activating group) is 1. The number of ether oxygens (including phenoxy) is 1. The van der Waals surface area contributed by atoms with Gasteiger partial charge < -0.3 is 4.74 Å². The van der Waals surface area contributed by atoms with Crippen LogP contribution >= 0.6 is 15.9 Å². The zero-order valence-corrected chi connectivity index (χ0v) is 13.5. The summed E-state index contributed by atoms with van der Waals surface area (Å²) < 4.78 is 44.4. The van der Waals surface area contributed by atoms with Gasteiger partial charge in [0.25, 0.3) is 0 Å². The van der Waals surface area contributed by atoms with E-state index in [2.05, 4.69) is 15.9 Å². The van der Waals surface area contributed by atoms with E-state index in [1.165, 1.54) is 6.07 Å². The minimum absolute atomic E-state index is 0.0383. The Bertz CT molecular complexity index is 591. The van der Waals surface area contributed by atoms with E-state index < -0.39 is 33.3 Å². The third kappa shape index (κ3) is 4.00. The monoisotopic (exact) mass is 367 g/mol. The molecule has 0 radical (unpaired) electrons. The van der Waals surface area contributed by atoms with E-state index >= 15 is 0 Å². The van der Waals surface area contributed by atoms with Gasteiger partial charge in [0.1, 0.15) is 17.3 Å². The van der Waals surface area contributed by atoms with Crippen LogP contribution in [0.2, 0.25) is 0 Å². The van der Waals surface area contributed by atoms with Crippen molar-refractivity contribution in [3.05, 3.63) is 28.5 Å². The highest BCUT2D eigenvalue weighted by Gasteiger charge is 2.28. The van der Waals surface area contributed by atoms with E-state index in [-0.39, 0.29) is 13.2 Å². The van der Waals surface area contributed by atoms with Gasteiger partial charge in [-0.3, -0.25) is 4.79 Å². The molecule has 20 heavy (non-hydrogen) atoms. The van der Waals surface area contributed by atoms with Crippen LogP contribution in [0, 0.1) is 5.82 Å². The first-order chi connectivity index (χ1) is 9.32. The van der Waals surface area contributed by atoms with Crippen molar-refractivity contribution in [2.75, 3.05) is 19.7 Å². The normalized spacial score (nSPS) is 11.7. The van der Waals surface area contributed by atoms with Crippen molar-refractivity contribution < 1.29 is 22.3 Å². The number of rotatable bonds is 6. The van der Waals surface area contributed by atoms with Crippen molar-refractivity contribution in [3.63, 3.8) is 0 Å². The van der Waals surface area contributed by atoms with E-state index in [9.17, 15) is 17.6 Å². The second-order valence-electron chi connectivity index (χ2n) is 3.81. The molecule has 0 unspecified atom stereocenters. The van der Waals surface area contributed by atoms with Crippen LogP contribution in [0.3, 0.4) is 0 Å². The summed E-state index contributed by atoms with van der Waals surface area (Å²) in [6.07, 6.45) is 0. The predicted molar refractivity (Wildman–Crippen MR) is 75.2 cm³/mol. The van der Waals surface area contributed by atoms with Crippen LogP contribution in [0.15, 0.2) is 27.6 Å². The first-order valence-electron chi connectivity index (χ1n) is 5.93. The summed E-state index contributed by atoms with van der Waals surface area (Å²) in [4.78, 5) is 10.9. The van der Waals surface area contributed by atoms with Gasteiger partial charge >= 0.3 is 5.97 Å². The zero-order valence-electron chi connectivity index (χ0n) is 11.1. The summed E-state index contributed by atoms with van der Waals surface area (Å²) in [5.41, 5.74) is 0. The Morgan fingerprint density at radius 1 is 1.40 bits per heavy atom. The Morgan fingerprint density at radius 3 is 2.55 bits per heavy atom. The number of nitrogens with zero attached hydrogens (tertiary/aromatic N) is 1. The molecule has 1 aromatic rings. The summed E-state index contributed by atoms with van der Waals surface area (Å²) in [6, 6.07) is 3.64. The van der Waals surface area contributed by atoms with Gasteiger partial charge in [0.2, 0.25) is 10.0 Å². The molecule has 0 saturated heterocycles. The average Bonchev–Trinajstić information content (AvgIpc) is 2.35. The summed E-state index contributed by atoms with van der Waals surface area (Å²) in [5.74, 6) is -1.54. The van der Waals surface area contributed by atoms with Gasteiger partial charge in [0.15, 0.2) is 0 Å². The van der Waals surface area contributed by atoms with E-state index in [0.717, 1.165) is 16.4 Å². The third-order valence-corrected chi connectivity index (χ3v) is 4.92. The molecule has 0 aliphatic carbocycles. The maximum atomic E-state index is 13.8. The predicted octanol–water partition coefficient (Wildman–Crippen LogP) is 2.16. The van der Waals surface area contributed by atoms with Crippen LogP contribution in [-0.2, 0) is 19.6 Å². The molecule has 0 atom stereocenters. The van der Waals surface area contributed by atoms with Crippen LogP contribution in [-0.4, -0.2) is 38.4 Å². The van der Waals surface area contributed by atoms with E-state index in [4.69, 9.17) is 4.74 Å². The zero-order chi connectivity index (χ0) is 15.3. The standard InChI is InChI=1S/C12H15BrFNO4S/c1-3-15(8-12(16)19-4-2)20(17,18)11-6-5-9(13)7-10(11)14/h5-7H,3-4,8H2,1-2H3. The first kappa shape index (κ1) is 17.1. The highest BCUT2D eigenvalue weighted by atomic mass is 79.9. The van der Waals surface area contributed by atoms with Gasteiger partial charge in [0, 0.05) is 11.0 Å². The van der Waals surface area contributed by atoms with Gasteiger partial charge in [-0.1, -0.05) is 22.9 Å². The Morgan fingerprint density at radius 2 is 2.05 bits per heavy atom. The molecule has 0 spiro atoms. The number of halogens is 2. The molecule has 0 aromatic heterocycles. The lowest BCUT2D eigenvalue weighted by Gasteiger charge is -2.19. The maximum absolute atomic E-state index is 13.8. The summed E-state index contributed by atoms with van der Waals surface area (Å²) >= 11 is 3.06. The number of sulfonamides is 1. The molecule has 0 amide bonds. The van der Waals surface area contributed by atoms with Gasteiger partial charge in [-0.15, -0.1) is 0 Å². The van der Waals surface area contributed by atoms with Gasteiger partial charge in [-0.05, 0) is 25.1 Å². The molecule has 0 bridgehead atoms. The van der Waals surface area contributed by atoms with Crippen LogP contribution in [0.5, 0.6) is 0 Å². The molecular weight excluding hydrogens is 353 g/mol. The Balaban J connectivity index is 3.09. The van der Waals surface area contributed by atoms with Crippen LogP contribution in [0.4, 0.5) is 4.39 Å². The Labute approximate surface area is 125 Å². The molecule has 1 aromatic carbocycles. The van der Waals surface area contributed by atoms with Crippen LogP contribution in [0.25, 0.3) is 0 Å². The molecule has 0 N–H and O–H groups in total. The van der Waals surface area contributed by atoms with E-state index in [1.54, 1.807) is 13.8 Å².